The normalized spacial score (nSPS) is 17.7. The molecule has 6 nitrogen and oxygen atoms in total. The van der Waals surface area contributed by atoms with Gasteiger partial charge in [0.05, 0.1) is 11.5 Å². The third-order valence-electron chi connectivity index (χ3n) is 6.22. The van der Waals surface area contributed by atoms with Gasteiger partial charge in [0.2, 0.25) is 15.9 Å². The first-order valence-electron chi connectivity index (χ1n) is 11.1. The van der Waals surface area contributed by atoms with Crippen LogP contribution in [0, 0.1) is 5.92 Å². The van der Waals surface area contributed by atoms with Gasteiger partial charge in [-0.3, -0.25) is 4.79 Å². The Balaban J connectivity index is 1.36. The molecule has 1 aliphatic carbocycles. The number of piperidine rings is 1. The van der Waals surface area contributed by atoms with Crippen LogP contribution in [0.5, 0.6) is 5.75 Å². The number of nitrogens with one attached hydrogen (secondary N) is 1. The van der Waals surface area contributed by atoms with Crippen molar-refractivity contribution >= 4 is 21.6 Å². The molecule has 1 aliphatic heterocycles. The second-order valence-corrected chi connectivity index (χ2v) is 10.2. The predicted octanol–water partition coefficient (Wildman–Crippen LogP) is 4.00. The van der Waals surface area contributed by atoms with E-state index in [0.717, 1.165) is 36.3 Å². The Bertz CT molecular complexity index is 1030. The topological polar surface area (TPSA) is 75.7 Å². The van der Waals surface area contributed by atoms with E-state index in [-0.39, 0.29) is 11.8 Å². The lowest BCUT2D eigenvalue weighted by Gasteiger charge is -2.31. The van der Waals surface area contributed by atoms with E-state index in [1.807, 2.05) is 43.3 Å². The molecule has 0 atom stereocenters. The molecule has 0 spiro atoms. The van der Waals surface area contributed by atoms with E-state index < -0.39 is 10.0 Å². The standard InChI is InChI=1S/C24H30N2O4S/c1-2-30-22-10-8-21(9-11-22)25-24(27)19-13-15-26(16-14-19)31(28,29)23-12-7-18-5-3-4-6-20(18)17-23/h7-12,17,19H,2-6,13-16H2,1H3,(H,25,27). The quantitative estimate of drug-likeness (QED) is 0.734. The number of rotatable bonds is 6. The van der Waals surface area contributed by atoms with Gasteiger partial charge in [-0.15, -0.1) is 0 Å². The molecule has 2 aromatic rings. The summed E-state index contributed by atoms with van der Waals surface area (Å²) < 4.78 is 33.2. The maximum Gasteiger partial charge on any atom is 0.243 e. The molecule has 2 aromatic carbocycles. The summed E-state index contributed by atoms with van der Waals surface area (Å²) in [6.45, 7) is 3.24. The van der Waals surface area contributed by atoms with Gasteiger partial charge in [0.1, 0.15) is 5.75 Å². The molecular formula is C24H30N2O4S. The Morgan fingerprint density at radius 2 is 1.71 bits per heavy atom. The molecule has 0 unspecified atom stereocenters. The van der Waals surface area contributed by atoms with E-state index in [2.05, 4.69) is 5.32 Å². The van der Waals surface area contributed by atoms with Gasteiger partial charge >= 0.3 is 0 Å². The Morgan fingerprint density at radius 1 is 1.03 bits per heavy atom. The number of fused-ring (bicyclic) bond motifs is 1. The second kappa shape index (κ2) is 9.40. The Morgan fingerprint density at radius 3 is 2.39 bits per heavy atom. The van der Waals surface area contributed by atoms with Crippen LogP contribution in [0.4, 0.5) is 5.69 Å². The van der Waals surface area contributed by atoms with Crippen molar-refractivity contribution in [2.24, 2.45) is 5.92 Å². The lowest BCUT2D eigenvalue weighted by Crippen LogP contribution is -2.41. The Hall–Kier alpha value is -2.38. The maximum absolute atomic E-state index is 13.1. The molecule has 7 heteroatoms. The lowest BCUT2D eigenvalue weighted by atomic mass is 9.92. The van der Waals surface area contributed by atoms with E-state index in [9.17, 15) is 13.2 Å². The van der Waals surface area contributed by atoms with E-state index >= 15 is 0 Å². The van der Waals surface area contributed by atoms with Gasteiger partial charge in [0.15, 0.2) is 0 Å². The SMILES string of the molecule is CCOc1ccc(NC(=O)C2CCN(S(=O)(=O)c3ccc4c(c3)CCCC4)CC2)cc1. The van der Waals surface area contributed by atoms with E-state index in [1.54, 1.807) is 6.07 Å². The minimum atomic E-state index is -3.53. The number of hydrogen-bond acceptors (Lipinski definition) is 4. The molecule has 1 saturated heterocycles. The highest BCUT2D eigenvalue weighted by Crippen LogP contribution is 2.28. The minimum absolute atomic E-state index is 0.0602. The van der Waals surface area contributed by atoms with Crippen molar-refractivity contribution in [1.82, 2.24) is 4.31 Å². The van der Waals surface area contributed by atoms with Crippen LogP contribution in [0.1, 0.15) is 43.7 Å². The van der Waals surface area contributed by atoms with Gasteiger partial charge < -0.3 is 10.1 Å². The fraction of sp³-hybridized carbons (Fsp3) is 0.458. The first-order chi connectivity index (χ1) is 15.0. The average Bonchev–Trinajstić information content (AvgIpc) is 2.80. The molecule has 4 rings (SSSR count). The van der Waals surface area contributed by atoms with Crippen LogP contribution in [0.3, 0.4) is 0 Å². The number of amides is 1. The molecule has 0 bridgehead atoms. The number of sulfonamides is 1. The number of nitrogens with zero attached hydrogens (tertiary/aromatic N) is 1. The predicted molar refractivity (Wildman–Crippen MR) is 121 cm³/mol. The first-order valence-corrected chi connectivity index (χ1v) is 12.6. The lowest BCUT2D eigenvalue weighted by molar-refractivity contribution is -0.120. The van der Waals surface area contributed by atoms with E-state index in [1.165, 1.54) is 16.3 Å². The third-order valence-corrected chi connectivity index (χ3v) is 8.11. The van der Waals surface area contributed by atoms with Gasteiger partial charge in [-0.25, -0.2) is 8.42 Å². The van der Waals surface area contributed by atoms with Crippen molar-refractivity contribution in [3.8, 4) is 5.75 Å². The highest BCUT2D eigenvalue weighted by molar-refractivity contribution is 7.89. The zero-order valence-corrected chi connectivity index (χ0v) is 18.8. The third kappa shape index (κ3) is 4.93. The van der Waals surface area contributed by atoms with Gasteiger partial charge in [-0.05, 0) is 93.0 Å². The molecule has 2 aliphatic rings. The highest BCUT2D eigenvalue weighted by atomic mass is 32.2. The molecule has 0 saturated carbocycles. The molecule has 1 amide bonds. The molecule has 31 heavy (non-hydrogen) atoms. The molecule has 1 fully saturated rings. The van der Waals surface area contributed by atoms with Crippen LogP contribution < -0.4 is 10.1 Å². The van der Waals surface area contributed by atoms with Crippen molar-refractivity contribution < 1.29 is 17.9 Å². The monoisotopic (exact) mass is 442 g/mol. The fourth-order valence-corrected chi connectivity index (χ4v) is 5.94. The summed E-state index contributed by atoms with van der Waals surface area (Å²) in [4.78, 5) is 13.0. The largest absolute Gasteiger partial charge is 0.494 e. The highest BCUT2D eigenvalue weighted by Gasteiger charge is 2.32. The van der Waals surface area contributed by atoms with Crippen LogP contribution in [0.25, 0.3) is 0 Å². The summed E-state index contributed by atoms with van der Waals surface area (Å²) >= 11 is 0. The van der Waals surface area contributed by atoms with Crippen molar-refractivity contribution in [3.63, 3.8) is 0 Å². The number of hydrogen-bond donors (Lipinski definition) is 1. The Kier molecular flexibility index (Phi) is 6.62. The summed E-state index contributed by atoms with van der Waals surface area (Å²) in [5.41, 5.74) is 3.16. The number of carbonyl (C=O) groups is 1. The summed E-state index contributed by atoms with van der Waals surface area (Å²) in [6.07, 6.45) is 5.31. The van der Waals surface area contributed by atoms with Crippen LogP contribution >= 0.6 is 0 Å². The van der Waals surface area contributed by atoms with Gasteiger partial charge in [-0.2, -0.15) is 4.31 Å². The van der Waals surface area contributed by atoms with Crippen molar-refractivity contribution in [3.05, 3.63) is 53.6 Å². The van der Waals surface area contributed by atoms with Gasteiger partial charge in [0.25, 0.3) is 0 Å². The van der Waals surface area contributed by atoms with Crippen LogP contribution in [0.2, 0.25) is 0 Å². The summed E-state index contributed by atoms with van der Waals surface area (Å²) in [6, 6.07) is 12.9. The molecule has 0 radical (unpaired) electrons. The van der Waals surface area contributed by atoms with Crippen molar-refractivity contribution in [2.45, 2.75) is 50.3 Å². The number of ether oxygens (including phenoxy) is 1. The van der Waals surface area contributed by atoms with Gasteiger partial charge in [0, 0.05) is 24.7 Å². The van der Waals surface area contributed by atoms with Crippen LogP contribution in [-0.4, -0.2) is 38.3 Å². The number of anilines is 1. The Labute approximate surface area is 184 Å². The molecule has 1 heterocycles. The second-order valence-electron chi connectivity index (χ2n) is 8.26. The fourth-order valence-electron chi connectivity index (χ4n) is 4.42. The van der Waals surface area contributed by atoms with Crippen molar-refractivity contribution in [1.29, 1.82) is 0 Å². The van der Waals surface area contributed by atoms with E-state index in [4.69, 9.17) is 4.74 Å². The number of carbonyl (C=O) groups excluding carboxylic acids is 1. The molecule has 166 valence electrons. The molecule has 1 N–H and O–H groups in total. The van der Waals surface area contributed by atoms with Crippen LogP contribution in [-0.2, 0) is 27.7 Å². The summed E-state index contributed by atoms with van der Waals surface area (Å²) in [5, 5.41) is 2.94. The molecule has 0 aromatic heterocycles. The smallest absolute Gasteiger partial charge is 0.243 e. The molecular weight excluding hydrogens is 412 g/mol. The van der Waals surface area contributed by atoms with E-state index in [0.29, 0.717) is 37.4 Å². The zero-order valence-electron chi connectivity index (χ0n) is 18.0. The first kappa shape index (κ1) is 21.8. The zero-order chi connectivity index (χ0) is 21.8. The summed E-state index contributed by atoms with van der Waals surface area (Å²) in [5.74, 6) is 0.512. The van der Waals surface area contributed by atoms with Gasteiger partial charge in [-0.1, -0.05) is 6.07 Å². The minimum Gasteiger partial charge on any atom is -0.494 e. The maximum atomic E-state index is 13.1. The average molecular weight is 443 g/mol. The van der Waals surface area contributed by atoms with Crippen molar-refractivity contribution in [2.75, 3.05) is 25.0 Å². The number of aryl methyl sites for hydroxylation is 2. The number of benzene rings is 2. The van der Waals surface area contributed by atoms with Crippen LogP contribution in [0.15, 0.2) is 47.4 Å². The summed E-state index contributed by atoms with van der Waals surface area (Å²) in [7, 11) is -3.53.